The average molecular weight is 506 g/mol. The number of piperidine rings is 1. The highest BCUT2D eigenvalue weighted by molar-refractivity contribution is 7.98. The first-order valence-corrected chi connectivity index (χ1v) is 12.5. The maximum absolute atomic E-state index is 12.6. The molecule has 2 aromatic carbocycles. The molecule has 1 aliphatic rings. The van der Waals surface area contributed by atoms with Crippen molar-refractivity contribution in [2.45, 2.75) is 25.1 Å². The van der Waals surface area contributed by atoms with Gasteiger partial charge in [0.1, 0.15) is 0 Å². The van der Waals surface area contributed by atoms with Crippen molar-refractivity contribution in [2.24, 2.45) is 5.92 Å². The maximum Gasteiger partial charge on any atom is 0.224 e. The summed E-state index contributed by atoms with van der Waals surface area (Å²) >= 11 is 26.0. The van der Waals surface area contributed by atoms with Gasteiger partial charge in [-0.15, -0.1) is 0 Å². The standard InChI is InChI=1S/C22H24Cl4N2OS/c23-18-5-4-16(20(25)11-18)12-28-8-1-2-17(13-28)22(29)27-7-9-30-14-15-3-6-19(24)21(26)10-15/h3-6,10-11,17H,1-2,7-9,12-14H2,(H,27,29). The van der Waals surface area contributed by atoms with Crippen molar-refractivity contribution < 1.29 is 4.79 Å². The lowest BCUT2D eigenvalue weighted by molar-refractivity contribution is -0.126. The Kier molecular flexibility index (Phi) is 9.49. The Morgan fingerprint density at radius 1 is 1.07 bits per heavy atom. The number of nitrogens with zero attached hydrogens (tertiary/aromatic N) is 1. The number of carbonyl (C=O) groups is 1. The van der Waals surface area contributed by atoms with Crippen LogP contribution in [0.2, 0.25) is 20.1 Å². The molecule has 162 valence electrons. The molecule has 1 saturated heterocycles. The van der Waals surface area contributed by atoms with Gasteiger partial charge in [0.25, 0.3) is 0 Å². The average Bonchev–Trinajstić information content (AvgIpc) is 2.72. The molecule has 0 aliphatic carbocycles. The van der Waals surface area contributed by atoms with Crippen LogP contribution in [0.5, 0.6) is 0 Å². The monoisotopic (exact) mass is 504 g/mol. The van der Waals surface area contributed by atoms with Gasteiger partial charge in [-0.3, -0.25) is 9.69 Å². The normalized spacial score (nSPS) is 17.1. The van der Waals surface area contributed by atoms with Gasteiger partial charge in [0, 0.05) is 41.2 Å². The molecule has 1 unspecified atom stereocenters. The number of thioether (sulfide) groups is 1. The van der Waals surface area contributed by atoms with E-state index in [4.69, 9.17) is 46.4 Å². The number of nitrogens with one attached hydrogen (secondary N) is 1. The lowest BCUT2D eigenvalue weighted by Gasteiger charge is -2.32. The molecule has 8 heteroatoms. The second-order valence-corrected chi connectivity index (χ2v) is 10.2. The van der Waals surface area contributed by atoms with Crippen molar-refractivity contribution in [1.29, 1.82) is 0 Å². The smallest absolute Gasteiger partial charge is 0.224 e. The van der Waals surface area contributed by atoms with Crippen LogP contribution >= 0.6 is 58.2 Å². The lowest BCUT2D eigenvalue weighted by Crippen LogP contribution is -2.43. The van der Waals surface area contributed by atoms with Crippen LogP contribution in [0.4, 0.5) is 0 Å². The van der Waals surface area contributed by atoms with Crippen LogP contribution in [-0.2, 0) is 17.1 Å². The topological polar surface area (TPSA) is 32.3 Å². The summed E-state index contributed by atoms with van der Waals surface area (Å²) in [6, 6.07) is 11.3. The number of rotatable bonds is 8. The maximum atomic E-state index is 12.6. The largest absolute Gasteiger partial charge is 0.355 e. The first-order valence-electron chi connectivity index (χ1n) is 9.88. The van der Waals surface area contributed by atoms with Crippen LogP contribution in [0.3, 0.4) is 0 Å². The van der Waals surface area contributed by atoms with Crippen LogP contribution in [-0.4, -0.2) is 36.2 Å². The second-order valence-electron chi connectivity index (χ2n) is 7.40. The summed E-state index contributed by atoms with van der Waals surface area (Å²) in [7, 11) is 0. The summed E-state index contributed by atoms with van der Waals surface area (Å²) in [4.78, 5) is 14.9. The predicted molar refractivity (Wildman–Crippen MR) is 130 cm³/mol. The van der Waals surface area contributed by atoms with E-state index in [-0.39, 0.29) is 11.8 Å². The Morgan fingerprint density at radius 3 is 2.67 bits per heavy atom. The van der Waals surface area contributed by atoms with E-state index in [1.54, 1.807) is 17.8 Å². The number of halogens is 4. The van der Waals surface area contributed by atoms with Crippen LogP contribution in [0.15, 0.2) is 36.4 Å². The minimum absolute atomic E-state index is 0.0184. The van der Waals surface area contributed by atoms with Gasteiger partial charge in [0.05, 0.1) is 16.0 Å². The molecule has 3 rings (SSSR count). The van der Waals surface area contributed by atoms with Crippen molar-refractivity contribution in [3.05, 3.63) is 67.6 Å². The fraction of sp³-hybridized carbons (Fsp3) is 0.409. The molecule has 3 nitrogen and oxygen atoms in total. The Morgan fingerprint density at radius 2 is 1.90 bits per heavy atom. The number of hydrogen-bond acceptors (Lipinski definition) is 3. The molecule has 0 saturated carbocycles. The zero-order valence-corrected chi connectivity index (χ0v) is 20.3. The zero-order chi connectivity index (χ0) is 21.5. The summed E-state index contributed by atoms with van der Waals surface area (Å²) in [5, 5.41) is 5.54. The summed E-state index contributed by atoms with van der Waals surface area (Å²) in [5.74, 6) is 1.84. The van der Waals surface area contributed by atoms with E-state index in [1.165, 1.54) is 0 Å². The lowest BCUT2D eigenvalue weighted by atomic mass is 9.96. The van der Waals surface area contributed by atoms with E-state index in [0.29, 0.717) is 26.6 Å². The highest BCUT2D eigenvalue weighted by atomic mass is 35.5. The van der Waals surface area contributed by atoms with Gasteiger partial charge in [0.2, 0.25) is 5.91 Å². The van der Waals surface area contributed by atoms with Gasteiger partial charge in [-0.05, 0) is 54.8 Å². The molecule has 1 atom stereocenters. The minimum Gasteiger partial charge on any atom is -0.355 e. The molecule has 1 fully saturated rings. The molecule has 1 amide bonds. The van der Waals surface area contributed by atoms with E-state index < -0.39 is 0 Å². The van der Waals surface area contributed by atoms with E-state index in [0.717, 1.165) is 55.1 Å². The molecule has 2 aromatic rings. The van der Waals surface area contributed by atoms with Crippen molar-refractivity contribution in [3.8, 4) is 0 Å². The Labute approximate surface area is 202 Å². The fourth-order valence-electron chi connectivity index (χ4n) is 3.51. The van der Waals surface area contributed by atoms with Crippen LogP contribution < -0.4 is 5.32 Å². The third-order valence-electron chi connectivity index (χ3n) is 5.08. The highest BCUT2D eigenvalue weighted by Crippen LogP contribution is 2.26. The number of amides is 1. The predicted octanol–water partition coefficient (Wildman–Crippen LogP) is 6.56. The summed E-state index contributed by atoms with van der Waals surface area (Å²) in [5.41, 5.74) is 2.17. The number of carbonyl (C=O) groups excluding carboxylic acids is 1. The van der Waals surface area contributed by atoms with E-state index >= 15 is 0 Å². The van der Waals surface area contributed by atoms with Crippen LogP contribution in [0, 0.1) is 5.92 Å². The Hall–Kier alpha value is -0.620. The fourth-order valence-corrected chi connectivity index (χ4v) is 5.11. The Balaban J connectivity index is 1.39. The first-order chi connectivity index (χ1) is 14.4. The number of hydrogen-bond donors (Lipinski definition) is 1. The van der Waals surface area contributed by atoms with Gasteiger partial charge < -0.3 is 5.32 Å². The second kappa shape index (κ2) is 11.8. The van der Waals surface area contributed by atoms with E-state index in [2.05, 4.69) is 10.2 Å². The van der Waals surface area contributed by atoms with Gasteiger partial charge >= 0.3 is 0 Å². The van der Waals surface area contributed by atoms with Crippen molar-refractivity contribution in [2.75, 3.05) is 25.4 Å². The van der Waals surface area contributed by atoms with Crippen LogP contribution in [0.1, 0.15) is 24.0 Å². The minimum atomic E-state index is 0.0184. The molecular formula is C22H24Cl4N2OS. The number of benzene rings is 2. The quantitative estimate of drug-likeness (QED) is 0.412. The third-order valence-corrected chi connectivity index (χ3v) is 7.44. The molecule has 0 spiro atoms. The summed E-state index contributed by atoms with van der Waals surface area (Å²) in [6.07, 6.45) is 1.93. The molecule has 1 heterocycles. The van der Waals surface area contributed by atoms with Crippen molar-refractivity contribution in [3.63, 3.8) is 0 Å². The molecule has 0 radical (unpaired) electrons. The van der Waals surface area contributed by atoms with Gasteiger partial charge in [0.15, 0.2) is 0 Å². The van der Waals surface area contributed by atoms with Crippen LogP contribution in [0.25, 0.3) is 0 Å². The summed E-state index contributed by atoms with van der Waals surface area (Å²) in [6.45, 7) is 3.12. The van der Waals surface area contributed by atoms with E-state index in [1.807, 2.05) is 30.3 Å². The molecule has 1 aliphatic heterocycles. The zero-order valence-electron chi connectivity index (χ0n) is 16.5. The summed E-state index contributed by atoms with van der Waals surface area (Å²) < 4.78 is 0. The first kappa shape index (κ1) is 24.0. The van der Waals surface area contributed by atoms with Gasteiger partial charge in [-0.25, -0.2) is 0 Å². The Bertz CT molecular complexity index is 880. The van der Waals surface area contributed by atoms with Gasteiger partial charge in [-0.2, -0.15) is 11.8 Å². The SMILES string of the molecule is O=C(NCCSCc1ccc(Cl)c(Cl)c1)C1CCCN(Cc2ccc(Cl)cc2Cl)C1. The molecule has 30 heavy (non-hydrogen) atoms. The molecular weight excluding hydrogens is 482 g/mol. The third kappa shape index (κ3) is 7.22. The number of likely N-dealkylation sites (tertiary alicyclic amines) is 1. The molecule has 0 aromatic heterocycles. The van der Waals surface area contributed by atoms with E-state index in [9.17, 15) is 4.79 Å². The molecule has 0 bridgehead atoms. The van der Waals surface area contributed by atoms with Crippen molar-refractivity contribution >= 4 is 64.1 Å². The van der Waals surface area contributed by atoms with Crippen molar-refractivity contribution in [1.82, 2.24) is 10.2 Å². The van der Waals surface area contributed by atoms with Gasteiger partial charge in [-0.1, -0.05) is 58.5 Å². The molecule has 1 N–H and O–H groups in total. The highest BCUT2D eigenvalue weighted by Gasteiger charge is 2.25.